The van der Waals surface area contributed by atoms with E-state index in [4.69, 9.17) is 37.7 Å². The Labute approximate surface area is 721 Å². The number of rotatable bonds is 85. The molecule has 0 aromatic rings. The van der Waals surface area contributed by atoms with Crippen LogP contribution in [0, 0.1) is 0 Å². The number of phosphoric acid groups is 1. The molecule has 0 aromatic carbocycles. The average molecular weight is 1710 g/mol. The molecule has 24 nitrogen and oxygen atoms in total. The van der Waals surface area contributed by atoms with Crippen LogP contribution in [-0.2, 0) is 85.4 Å². The predicted molar refractivity (Wildman–Crippen MR) is 471 cm³/mol. The summed E-state index contributed by atoms with van der Waals surface area (Å²) in [7, 11) is -5.69. The molecule has 0 saturated carbocycles. The van der Waals surface area contributed by atoms with E-state index in [0.717, 1.165) is 283 Å². The van der Waals surface area contributed by atoms with Crippen molar-refractivity contribution in [3.05, 3.63) is 0 Å². The van der Waals surface area contributed by atoms with Gasteiger partial charge in [-0.25, -0.2) is 9.36 Å². The van der Waals surface area contributed by atoms with Crippen molar-refractivity contribution in [1.82, 2.24) is 16.0 Å². The van der Waals surface area contributed by atoms with E-state index in [1.807, 2.05) is 0 Å². The van der Waals surface area contributed by atoms with Gasteiger partial charge < -0.3 is 64.0 Å². The number of amides is 3. The summed E-state index contributed by atoms with van der Waals surface area (Å²) in [5, 5.41) is 19.2. The normalized spacial score (nSPS) is 16.4. The molecular formula is C94H174N3O21P. The third-order valence-corrected chi connectivity index (χ3v) is 23.1. The zero-order valence-electron chi connectivity index (χ0n) is 76.1. The van der Waals surface area contributed by atoms with Gasteiger partial charge in [-0.05, 0) is 70.6 Å². The van der Waals surface area contributed by atoms with Crippen LogP contribution < -0.4 is 16.0 Å². The largest absolute Gasteiger partial charge is 0.480 e. The van der Waals surface area contributed by atoms with Crippen LogP contribution in [0.3, 0.4) is 0 Å². The molecule has 0 aliphatic carbocycles. The van der Waals surface area contributed by atoms with E-state index in [-0.39, 0.29) is 44.4 Å². The fourth-order valence-electron chi connectivity index (χ4n) is 15.5. The molecule has 1 aliphatic rings. The van der Waals surface area contributed by atoms with Crippen LogP contribution in [0.1, 0.15) is 472 Å². The quantitative estimate of drug-likeness (QED) is 0.0143. The fraction of sp³-hybridized carbons (Fsp3) is 0.904. The number of carbonyl (C=O) groups is 9. The summed E-state index contributed by atoms with van der Waals surface area (Å²) in [6.07, 6.45) is 43.4. The second-order valence-corrected chi connectivity index (χ2v) is 35.3. The lowest BCUT2D eigenvalue weighted by Gasteiger charge is -2.45. The molecule has 119 heavy (non-hydrogen) atoms. The van der Waals surface area contributed by atoms with Crippen molar-refractivity contribution in [2.45, 2.75) is 527 Å². The van der Waals surface area contributed by atoms with Gasteiger partial charge in [-0.2, -0.15) is 0 Å². The zero-order chi connectivity index (χ0) is 87.5. The van der Waals surface area contributed by atoms with E-state index in [1.54, 1.807) is 0 Å². The molecule has 0 bridgehead atoms. The summed E-state index contributed by atoms with van der Waals surface area (Å²) in [4.78, 5) is 146. The molecule has 9 atom stereocenters. The van der Waals surface area contributed by atoms with Crippen LogP contribution >= 0.6 is 7.82 Å². The summed E-state index contributed by atoms with van der Waals surface area (Å²) in [6.45, 7) is 13.4. The molecule has 1 fully saturated rings. The third-order valence-electron chi connectivity index (χ3n) is 22.6. The van der Waals surface area contributed by atoms with Crippen molar-refractivity contribution in [3.63, 3.8) is 0 Å². The van der Waals surface area contributed by atoms with E-state index in [0.29, 0.717) is 70.8 Å². The number of ether oxygens (including phenoxy) is 7. The average Bonchev–Trinajstić information content (AvgIpc) is 0.777. The predicted octanol–water partition coefficient (Wildman–Crippen LogP) is 22.5. The number of hydrogen-bond acceptors (Lipinski definition) is 18. The van der Waals surface area contributed by atoms with Gasteiger partial charge in [0.15, 0.2) is 18.4 Å². The van der Waals surface area contributed by atoms with Crippen molar-refractivity contribution < 1.29 is 100 Å². The van der Waals surface area contributed by atoms with Gasteiger partial charge in [-0.15, -0.1) is 0 Å². The van der Waals surface area contributed by atoms with Crippen molar-refractivity contribution in [2.75, 3.05) is 19.8 Å². The van der Waals surface area contributed by atoms with Crippen LogP contribution in [-0.4, -0.2) is 143 Å². The van der Waals surface area contributed by atoms with Crippen molar-refractivity contribution in [1.29, 1.82) is 0 Å². The fourth-order valence-corrected chi connectivity index (χ4v) is 16.0. The van der Waals surface area contributed by atoms with Gasteiger partial charge in [0.1, 0.15) is 43.2 Å². The molecule has 1 saturated heterocycles. The van der Waals surface area contributed by atoms with E-state index >= 15 is 9.59 Å². The van der Waals surface area contributed by atoms with Gasteiger partial charge in [-0.3, -0.25) is 42.9 Å². The summed E-state index contributed by atoms with van der Waals surface area (Å²) < 4.78 is 62.5. The molecule has 0 aromatic heterocycles. The Morgan fingerprint density at radius 3 is 1.03 bits per heavy atom. The number of esters is 5. The Bertz CT molecular complexity index is 2600. The molecule has 1 rings (SSSR count). The highest BCUT2D eigenvalue weighted by Crippen LogP contribution is 2.43. The highest BCUT2D eigenvalue weighted by molar-refractivity contribution is 7.46. The van der Waals surface area contributed by atoms with Gasteiger partial charge in [-0.1, -0.05) is 350 Å². The van der Waals surface area contributed by atoms with Crippen molar-refractivity contribution in [3.8, 4) is 0 Å². The third kappa shape index (κ3) is 67.4. The van der Waals surface area contributed by atoms with Crippen LogP contribution in [0.5, 0.6) is 0 Å². The Kier molecular flexibility index (Phi) is 73.6. The van der Waals surface area contributed by atoms with E-state index in [9.17, 15) is 53.0 Å². The Balaban J connectivity index is 4.17. The number of nitrogens with one attached hydrogen (secondary N) is 3. The molecule has 25 heteroatoms. The topological polar surface area (TPSA) is 341 Å². The second kappa shape index (κ2) is 78.0. The molecule has 0 unspecified atom stereocenters. The Morgan fingerprint density at radius 2 is 0.689 bits per heavy atom. The first-order valence-corrected chi connectivity index (χ1v) is 50.1. The molecule has 0 spiro atoms. The van der Waals surface area contributed by atoms with E-state index in [1.165, 1.54) is 32.6 Å². The number of unbranched alkanes of at least 4 members (excludes halogenated alkanes) is 49. The summed E-state index contributed by atoms with van der Waals surface area (Å²) >= 11 is 0. The zero-order valence-corrected chi connectivity index (χ0v) is 77.0. The number of carbonyl (C=O) groups excluding carboxylic acids is 8. The van der Waals surface area contributed by atoms with Gasteiger partial charge in [0.25, 0.3) is 0 Å². The molecule has 6 N–H and O–H groups in total. The van der Waals surface area contributed by atoms with E-state index < -0.39 is 137 Å². The second-order valence-electron chi connectivity index (χ2n) is 34.1. The molecular weight excluding hydrogens is 1540 g/mol. The van der Waals surface area contributed by atoms with Crippen molar-refractivity contribution >= 4 is 61.4 Å². The van der Waals surface area contributed by atoms with Gasteiger partial charge >= 0.3 is 43.6 Å². The van der Waals surface area contributed by atoms with Crippen LogP contribution in [0.2, 0.25) is 0 Å². The smallest absolute Gasteiger partial charge is 0.470 e. The minimum Gasteiger partial charge on any atom is -0.480 e. The number of carboxylic acids is 1. The SMILES string of the molecule is CCCCCCCCCCC[C@H](CC(=O)N[C@H]1[C@H](OC[C@H](NC(=O)C[C@@H](CCCCCCCCCCC)OC(=O)CCCCCCCCC)C(=O)O)O[C@H](COC(=O)CCCCCCCCCCNC(C)=O)[C@@H](OP(=O)(O)O)[C@@H]1OC(=O)C[C@@H](CCCCCCCCCCC)OC(=O)CCCCCCCCC)OC(=O)CCCCCCCCC. The Morgan fingerprint density at radius 1 is 0.378 bits per heavy atom. The number of aliphatic carboxylic acids is 1. The monoisotopic (exact) mass is 1710 g/mol. The lowest BCUT2D eigenvalue weighted by atomic mass is 9.95. The van der Waals surface area contributed by atoms with E-state index in [2.05, 4.69) is 57.5 Å². The number of carboxylic acid groups (broad SMARTS) is 1. The molecule has 0 radical (unpaired) electrons. The molecule has 1 heterocycles. The summed E-state index contributed by atoms with van der Waals surface area (Å²) in [5.74, 6) is -6.43. The summed E-state index contributed by atoms with van der Waals surface area (Å²) in [6, 6.07) is -3.70. The standard InChI is InChI=1S/C94H174N3O21P/c1-8-14-20-26-32-35-43-48-56-64-78(113-86(102)68-60-52-40-29-23-17-11-4)72-83(99)96-81(93(106)107)75-112-94-90(97-84(100)73-79(65-57-49-44-36-33-27-21-15-9-2)114-87(103)69-61-53-41-30-24-18-12-5)92(91(118-119(108,109)110)82(116-94)76-111-85(101)67-59-51-46-38-39-47-55-63-71-95-77(7)98)117-89(105)74-80(66-58-50-45-37-34-28-22-16-10-3)115-88(104)70-62-54-42-31-25-19-13-6/h78-82,90-92,94H,8-76H2,1-7H3,(H,95,98)(H,96,99)(H,97,100)(H,106,107)(H2,108,109,110)/t78-,79-,80-,81+,82-,90-,91-,92-,94-/m1/s1. The van der Waals surface area contributed by atoms with Gasteiger partial charge in [0, 0.05) is 39.2 Å². The van der Waals surface area contributed by atoms with Crippen molar-refractivity contribution in [2.24, 2.45) is 0 Å². The Hall–Kier alpha value is -4.74. The molecule has 3 amide bonds. The van der Waals surface area contributed by atoms with Gasteiger partial charge in [0.05, 0.1) is 25.9 Å². The molecule has 1 aliphatic heterocycles. The number of hydrogen-bond donors (Lipinski definition) is 6. The van der Waals surface area contributed by atoms with Crippen LogP contribution in [0.4, 0.5) is 0 Å². The maximum absolute atomic E-state index is 15.2. The van der Waals surface area contributed by atoms with Crippen LogP contribution in [0.25, 0.3) is 0 Å². The first-order valence-electron chi connectivity index (χ1n) is 48.6. The number of phosphoric ester groups is 1. The lowest BCUT2D eigenvalue weighted by molar-refractivity contribution is -0.273. The lowest BCUT2D eigenvalue weighted by Crippen LogP contribution is -2.67. The van der Waals surface area contributed by atoms with Crippen LogP contribution in [0.15, 0.2) is 0 Å². The highest BCUT2D eigenvalue weighted by Gasteiger charge is 2.53. The minimum atomic E-state index is -5.69. The highest BCUT2D eigenvalue weighted by atomic mass is 31.2. The maximum atomic E-state index is 15.2. The maximum Gasteiger partial charge on any atom is 0.470 e. The minimum absolute atomic E-state index is 0.0647. The van der Waals surface area contributed by atoms with Gasteiger partial charge in [0.2, 0.25) is 17.7 Å². The first kappa shape index (κ1) is 112. The first-order chi connectivity index (χ1) is 57.6. The molecule has 696 valence electrons. The summed E-state index contributed by atoms with van der Waals surface area (Å²) in [5.41, 5.74) is 0.